The maximum absolute atomic E-state index is 11.9. The summed E-state index contributed by atoms with van der Waals surface area (Å²) in [5.74, 6) is -0.260. The van der Waals surface area contributed by atoms with E-state index >= 15 is 0 Å². The van der Waals surface area contributed by atoms with Crippen molar-refractivity contribution >= 4 is 12.2 Å². The highest BCUT2D eigenvalue weighted by Crippen LogP contribution is 2.43. The molecule has 1 aliphatic rings. The number of ether oxygens (including phenoxy) is 2. The molecule has 1 aliphatic carbocycles. The van der Waals surface area contributed by atoms with E-state index in [0.717, 1.165) is 17.5 Å². The van der Waals surface area contributed by atoms with Crippen molar-refractivity contribution in [2.75, 3.05) is 0 Å². The standard InChI is InChI=1S/C22H26N2O4/c23-20(25)27-19-12-7-13-22(28-21(24)26,15-17-10-5-2-6-11-17)18(19)14-16-8-3-1-4-9-16/h1-6,8-11,18-19H,7,12-15H2,(H2,23,25)(H2,24,26)/t18-,19?,22+/m1/s1. The van der Waals surface area contributed by atoms with Crippen LogP contribution in [0.15, 0.2) is 60.7 Å². The molecule has 28 heavy (non-hydrogen) atoms. The minimum Gasteiger partial charge on any atom is -0.446 e. The van der Waals surface area contributed by atoms with Gasteiger partial charge in [-0.25, -0.2) is 9.59 Å². The molecule has 0 bridgehead atoms. The average Bonchev–Trinajstić information content (AvgIpc) is 2.65. The van der Waals surface area contributed by atoms with Gasteiger partial charge in [0, 0.05) is 12.3 Å². The molecule has 0 radical (unpaired) electrons. The first-order chi connectivity index (χ1) is 13.5. The first-order valence-corrected chi connectivity index (χ1v) is 9.51. The second-order valence-corrected chi connectivity index (χ2v) is 7.31. The SMILES string of the molecule is NC(=O)OC1CCC[C@@](Cc2ccccc2)(OC(N)=O)[C@@H]1Cc1ccccc1. The number of benzene rings is 2. The molecule has 0 aromatic heterocycles. The van der Waals surface area contributed by atoms with Crippen LogP contribution in [0.4, 0.5) is 9.59 Å². The summed E-state index contributed by atoms with van der Waals surface area (Å²) in [6.45, 7) is 0. The lowest BCUT2D eigenvalue weighted by Gasteiger charge is -2.46. The van der Waals surface area contributed by atoms with Gasteiger partial charge in [0.25, 0.3) is 0 Å². The van der Waals surface area contributed by atoms with Crippen LogP contribution >= 0.6 is 0 Å². The highest BCUT2D eigenvalue weighted by atomic mass is 16.6. The molecule has 2 aromatic rings. The Balaban J connectivity index is 2.00. The lowest BCUT2D eigenvalue weighted by molar-refractivity contribution is -0.106. The molecule has 0 spiro atoms. The van der Waals surface area contributed by atoms with Gasteiger partial charge in [-0.2, -0.15) is 0 Å². The quantitative estimate of drug-likeness (QED) is 0.797. The van der Waals surface area contributed by atoms with Gasteiger partial charge in [-0.3, -0.25) is 0 Å². The fourth-order valence-electron chi connectivity index (χ4n) is 4.33. The van der Waals surface area contributed by atoms with Crippen molar-refractivity contribution in [3.8, 4) is 0 Å². The van der Waals surface area contributed by atoms with E-state index in [-0.39, 0.29) is 5.92 Å². The molecular weight excluding hydrogens is 356 g/mol. The third kappa shape index (κ3) is 4.82. The molecule has 1 saturated carbocycles. The Hall–Kier alpha value is -3.02. The number of rotatable bonds is 6. The fraction of sp³-hybridized carbons (Fsp3) is 0.364. The lowest BCUT2D eigenvalue weighted by Crippen LogP contribution is -2.55. The normalized spacial score (nSPS) is 24.3. The highest BCUT2D eigenvalue weighted by Gasteiger charge is 2.50. The second kappa shape index (κ2) is 8.78. The Kier molecular flexibility index (Phi) is 6.19. The molecule has 2 aromatic carbocycles. The smallest absolute Gasteiger partial charge is 0.405 e. The van der Waals surface area contributed by atoms with Crippen LogP contribution in [0, 0.1) is 5.92 Å². The zero-order valence-electron chi connectivity index (χ0n) is 15.8. The Bertz CT molecular complexity index is 797. The highest BCUT2D eigenvalue weighted by molar-refractivity contribution is 5.66. The number of nitrogens with two attached hydrogens (primary N) is 2. The number of hydrogen-bond acceptors (Lipinski definition) is 4. The maximum atomic E-state index is 11.9. The van der Waals surface area contributed by atoms with E-state index in [2.05, 4.69) is 0 Å². The molecule has 4 N–H and O–H groups in total. The van der Waals surface area contributed by atoms with Gasteiger partial charge in [-0.05, 0) is 36.8 Å². The van der Waals surface area contributed by atoms with Gasteiger partial charge in [-0.1, -0.05) is 60.7 Å². The van der Waals surface area contributed by atoms with E-state index in [1.807, 2.05) is 60.7 Å². The van der Waals surface area contributed by atoms with Crippen molar-refractivity contribution < 1.29 is 19.1 Å². The Morgan fingerprint density at radius 2 is 1.54 bits per heavy atom. The Morgan fingerprint density at radius 3 is 2.11 bits per heavy atom. The van der Waals surface area contributed by atoms with E-state index in [4.69, 9.17) is 20.9 Å². The van der Waals surface area contributed by atoms with E-state index in [1.54, 1.807) is 0 Å². The van der Waals surface area contributed by atoms with Crippen LogP contribution < -0.4 is 11.5 Å². The zero-order chi connectivity index (χ0) is 20.0. The molecule has 1 fully saturated rings. The number of carbonyl (C=O) groups excluding carboxylic acids is 2. The zero-order valence-corrected chi connectivity index (χ0v) is 15.8. The number of carbonyl (C=O) groups is 2. The molecule has 0 saturated heterocycles. The minimum atomic E-state index is -0.874. The molecule has 148 valence electrons. The molecule has 3 rings (SSSR count). The minimum absolute atomic E-state index is 0.260. The van der Waals surface area contributed by atoms with Crippen molar-refractivity contribution in [2.45, 2.75) is 43.8 Å². The van der Waals surface area contributed by atoms with Crippen molar-refractivity contribution in [1.82, 2.24) is 0 Å². The average molecular weight is 382 g/mol. The molecule has 2 amide bonds. The first kappa shape index (κ1) is 19.7. The maximum Gasteiger partial charge on any atom is 0.405 e. The largest absolute Gasteiger partial charge is 0.446 e. The summed E-state index contributed by atoms with van der Waals surface area (Å²) >= 11 is 0. The summed E-state index contributed by atoms with van der Waals surface area (Å²) in [6.07, 6.45) is 1.02. The van der Waals surface area contributed by atoms with Crippen LogP contribution in [0.25, 0.3) is 0 Å². The predicted molar refractivity (Wildman–Crippen MR) is 105 cm³/mol. The molecule has 0 aliphatic heterocycles. The van der Waals surface area contributed by atoms with E-state index in [9.17, 15) is 9.59 Å². The Labute approximate surface area is 164 Å². The monoisotopic (exact) mass is 382 g/mol. The van der Waals surface area contributed by atoms with Gasteiger partial charge < -0.3 is 20.9 Å². The molecule has 1 unspecified atom stereocenters. The van der Waals surface area contributed by atoms with Crippen molar-refractivity contribution in [3.63, 3.8) is 0 Å². The van der Waals surface area contributed by atoms with Gasteiger partial charge in [0.15, 0.2) is 0 Å². The van der Waals surface area contributed by atoms with Gasteiger partial charge in [0.05, 0.1) is 0 Å². The summed E-state index contributed by atoms with van der Waals surface area (Å²) < 4.78 is 11.2. The van der Waals surface area contributed by atoms with E-state index in [0.29, 0.717) is 25.7 Å². The predicted octanol–water partition coefficient (Wildman–Crippen LogP) is 3.57. The van der Waals surface area contributed by atoms with Crippen molar-refractivity contribution in [1.29, 1.82) is 0 Å². The van der Waals surface area contributed by atoms with Gasteiger partial charge in [-0.15, -0.1) is 0 Å². The van der Waals surface area contributed by atoms with Crippen molar-refractivity contribution in [2.24, 2.45) is 17.4 Å². The van der Waals surface area contributed by atoms with Gasteiger partial charge in [0.2, 0.25) is 0 Å². The van der Waals surface area contributed by atoms with Crippen LogP contribution in [0.5, 0.6) is 0 Å². The summed E-state index contributed by atoms with van der Waals surface area (Å²) in [4.78, 5) is 23.4. The van der Waals surface area contributed by atoms with E-state index in [1.165, 1.54) is 0 Å². The van der Waals surface area contributed by atoms with Crippen LogP contribution in [0.3, 0.4) is 0 Å². The van der Waals surface area contributed by atoms with Crippen LogP contribution in [0.1, 0.15) is 30.4 Å². The van der Waals surface area contributed by atoms with Crippen LogP contribution in [-0.2, 0) is 22.3 Å². The summed E-state index contributed by atoms with van der Waals surface area (Å²) in [5.41, 5.74) is 12.0. The summed E-state index contributed by atoms with van der Waals surface area (Å²) in [7, 11) is 0. The molecule has 0 heterocycles. The topological polar surface area (TPSA) is 105 Å². The molecule has 3 atom stereocenters. The van der Waals surface area contributed by atoms with Gasteiger partial charge >= 0.3 is 12.2 Å². The van der Waals surface area contributed by atoms with Crippen LogP contribution in [-0.4, -0.2) is 23.9 Å². The lowest BCUT2D eigenvalue weighted by atomic mass is 9.68. The third-order valence-electron chi connectivity index (χ3n) is 5.43. The summed E-state index contributed by atoms with van der Waals surface area (Å²) in [6, 6.07) is 19.7. The van der Waals surface area contributed by atoms with Crippen LogP contribution in [0.2, 0.25) is 0 Å². The molecule has 6 heteroatoms. The number of hydrogen-bond donors (Lipinski definition) is 2. The third-order valence-corrected chi connectivity index (χ3v) is 5.43. The second-order valence-electron chi connectivity index (χ2n) is 7.31. The number of primary amides is 2. The summed E-state index contributed by atoms with van der Waals surface area (Å²) in [5, 5.41) is 0. The first-order valence-electron chi connectivity index (χ1n) is 9.51. The van der Waals surface area contributed by atoms with E-state index < -0.39 is 23.9 Å². The van der Waals surface area contributed by atoms with Gasteiger partial charge in [0.1, 0.15) is 11.7 Å². The molecule has 6 nitrogen and oxygen atoms in total. The number of amides is 2. The fourth-order valence-corrected chi connectivity index (χ4v) is 4.33. The molecular formula is C22H26N2O4. The Morgan fingerprint density at radius 1 is 0.929 bits per heavy atom. The van der Waals surface area contributed by atoms with Crippen molar-refractivity contribution in [3.05, 3.63) is 71.8 Å².